The lowest BCUT2D eigenvalue weighted by Gasteiger charge is -2.34. The Bertz CT molecular complexity index is 1110. The highest BCUT2D eigenvalue weighted by Gasteiger charge is 2.54. The predicted molar refractivity (Wildman–Crippen MR) is 127 cm³/mol. The van der Waals surface area contributed by atoms with E-state index >= 15 is 0 Å². The molecule has 184 valence electrons. The summed E-state index contributed by atoms with van der Waals surface area (Å²) in [7, 11) is 1.69. The molecule has 2 fully saturated rings. The molecule has 3 aliphatic rings. The van der Waals surface area contributed by atoms with Gasteiger partial charge in [0.05, 0.1) is 12.0 Å². The summed E-state index contributed by atoms with van der Waals surface area (Å²) in [4.78, 5) is 43.6. The number of hydrogen-bond acceptors (Lipinski definition) is 6. The van der Waals surface area contributed by atoms with Crippen LogP contribution in [0.15, 0.2) is 48.5 Å². The number of amides is 3. The van der Waals surface area contributed by atoms with Crippen molar-refractivity contribution in [1.82, 2.24) is 9.80 Å². The number of carbonyl (C=O) groups excluding carboxylic acids is 3. The fourth-order valence-corrected chi connectivity index (χ4v) is 5.36. The molecule has 2 aromatic rings. The molecule has 1 unspecified atom stereocenters. The lowest BCUT2D eigenvalue weighted by molar-refractivity contribution is -0.143. The van der Waals surface area contributed by atoms with Crippen LogP contribution in [0, 0.1) is 5.92 Å². The Morgan fingerprint density at radius 2 is 1.80 bits per heavy atom. The summed E-state index contributed by atoms with van der Waals surface area (Å²) in [5, 5.41) is 0. The highest BCUT2D eigenvalue weighted by atomic mass is 16.7. The first kappa shape index (κ1) is 23.4. The largest absolute Gasteiger partial charge is 0.454 e. The zero-order valence-corrected chi connectivity index (χ0v) is 19.9. The molecular formula is C27H30N2O6. The molecule has 0 N–H and O–H groups in total. The fraction of sp³-hybridized carbons (Fsp3) is 0.444. The van der Waals surface area contributed by atoms with Crippen LogP contribution in [0.25, 0.3) is 0 Å². The number of ether oxygens (including phenoxy) is 3. The van der Waals surface area contributed by atoms with Crippen molar-refractivity contribution in [3.8, 4) is 11.5 Å². The molecule has 8 heteroatoms. The van der Waals surface area contributed by atoms with Gasteiger partial charge in [-0.3, -0.25) is 19.3 Å². The van der Waals surface area contributed by atoms with Gasteiger partial charge < -0.3 is 19.1 Å². The van der Waals surface area contributed by atoms with Gasteiger partial charge in [-0.05, 0) is 42.0 Å². The number of fused-ring (bicyclic) bond motifs is 1. The lowest BCUT2D eigenvalue weighted by atomic mass is 9.75. The smallest absolute Gasteiger partial charge is 0.241 e. The first-order chi connectivity index (χ1) is 17.0. The average molecular weight is 479 g/mol. The van der Waals surface area contributed by atoms with Crippen molar-refractivity contribution in [3.05, 3.63) is 59.7 Å². The van der Waals surface area contributed by atoms with Crippen molar-refractivity contribution in [2.45, 2.75) is 37.6 Å². The van der Waals surface area contributed by atoms with Gasteiger partial charge in [-0.15, -0.1) is 0 Å². The third kappa shape index (κ3) is 4.50. The van der Waals surface area contributed by atoms with Crippen molar-refractivity contribution in [2.24, 2.45) is 5.92 Å². The van der Waals surface area contributed by atoms with Crippen molar-refractivity contribution in [2.75, 3.05) is 33.6 Å². The highest BCUT2D eigenvalue weighted by Crippen LogP contribution is 2.42. The quantitative estimate of drug-likeness (QED) is 0.569. The van der Waals surface area contributed by atoms with E-state index in [0.717, 1.165) is 18.4 Å². The van der Waals surface area contributed by atoms with E-state index in [2.05, 4.69) is 0 Å². The first-order valence-corrected chi connectivity index (χ1v) is 12.1. The van der Waals surface area contributed by atoms with E-state index in [0.29, 0.717) is 42.7 Å². The first-order valence-electron chi connectivity index (χ1n) is 12.1. The SMILES string of the molecule is COCC1CCN(C(=O)CC2(c3ccccc3)CC(=O)N(Cc3ccc4c(c3)OCO4)C2=O)CC1. The van der Waals surface area contributed by atoms with Gasteiger partial charge in [0.15, 0.2) is 11.5 Å². The molecule has 3 aliphatic heterocycles. The van der Waals surface area contributed by atoms with Gasteiger partial charge in [0.25, 0.3) is 0 Å². The number of imide groups is 1. The van der Waals surface area contributed by atoms with Crippen LogP contribution in [0.5, 0.6) is 11.5 Å². The number of benzene rings is 2. The number of carbonyl (C=O) groups is 3. The summed E-state index contributed by atoms with van der Waals surface area (Å²) >= 11 is 0. The van der Waals surface area contributed by atoms with E-state index in [4.69, 9.17) is 14.2 Å². The second kappa shape index (κ2) is 9.70. The van der Waals surface area contributed by atoms with Gasteiger partial charge in [0.2, 0.25) is 24.5 Å². The highest BCUT2D eigenvalue weighted by molar-refractivity contribution is 6.10. The van der Waals surface area contributed by atoms with E-state index in [-0.39, 0.29) is 43.9 Å². The topological polar surface area (TPSA) is 85.4 Å². The third-order valence-corrected chi connectivity index (χ3v) is 7.34. The Morgan fingerprint density at radius 1 is 1.06 bits per heavy atom. The summed E-state index contributed by atoms with van der Waals surface area (Å²) in [5.41, 5.74) is 0.273. The molecule has 1 atom stereocenters. The standard InChI is InChI=1S/C27H30N2O6/c1-33-17-19-9-11-28(12-10-19)24(30)14-27(21-5-3-2-4-6-21)15-25(31)29(26(27)32)16-20-7-8-22-23(13-20)35-18-34-22/h2-8,13,19H,9-12,14-18H2,1H3. The molecule has 2 aromatic carbocycles. The maximum Gasteiger partial charge on any atom is 0.241 e. The molecule has 0 aromatic heterocycles. The van der Waals surface area contributed by atoms with Crippen LogP contribution in [0.1, 0.15) is 36.8 Å². The molecular weight excluding hydrogens is 448 g/mol. The molecule has 0 aliphatic carbocycles. The van der Waals surface area contributed by atoms with Crippen molar-refractivity contribution in [1.29, 1.82) is 0 Å². The van der Waals surface area contributed by atoms with Gasteiger partial charge >= 0.3 is 0 Å². The van der Waals surface area contributed by atoms with Crippen LogP contribution in [-0.4, -0.2) is 61.1 Å². The zero-order valence-electron chi connectivity index (χ0n) is 19.9. The average Bonchev–Trinajstić information content (AvgIpc) is 3.44. The number of rotatable bonds is 7. The molecule has 0 spiro atoms. The molecule has 0 radical (unpaired) electrons. The lowest BCUT2D eigenvalue weighted by Crippen LogP contribution is -2.45. The van der Waals surface area contributed by atoms with Crippen LogP contribution < -0.4 is 9.47 Å². The van der Waals surface area contributed by atoms with Gasteiger partial charge in [0, 0.05) is 39.6 Å². The molecule has 5 rings (SSSR count). The number of likely N-dealkylation sites (tertiary alicyclic amines) is 2. The Labute approximate surface area is 204 Å². The van der Waals surface area contributed by atoms with Crippen LogP contribution in [0.2, 0.25) is 0 Å². The summed E-state index contributed by atoms with van der Waals surface area (Å²) in [6.45, 7) is 2.25. The molecule has 3 amide bonds. The van der Waals surface area contributed by atoms with Crippen LogP contribution >= 0.6 is 0 Å². The maximum absolute atomic E-state index is 13.9. The minimum Gasteiger partial charge on any atom is -0.454 e. The minimum absolute atomic E-state index is 0.0197. The van der Waals surface area contributed by atoms with Gasteiger partial charge in [-0.25, -0.2) is 0 Å². The van der Waals surface area contributed by atoms with E-state index < -0.39 is 5.41 Å². The van der Waals surface area contributed by atoms with Gasteiger partial charge in [-0.1, -0.05) is 36.4 Å². The van der Waals surface area contributed by atoms with E-state index in [9.17, 15) is 14.4 Å². The Hall–Kier alpha value is -3.39. The number of methoxy groups -OCH3 is 1. The molecule has 3 heterocycles. The van der Waals surface area contributed by atoms with Gasteiger partial charge in [-0.2, -0.15) is 0 Å². The molecule has 0 bridgehead atoms. The summed E-state index contributed by atoms with van der Waals surface area (Å²) in [6, 6.07) is 14.6. The van der Waals surface area contributed by atoms with Crippen molar-refractivity contribution in [3.63, 3.8) is 0 Å². The normalized spacial score (nSPS) is 22.2. The Balaban J connectivity index is 1.37. The molecule has 0 saturated carbocycles. The van der Waals surface area contributed by atoms with Crippen LogP contribution in [-0.2, 0) is 31.1 Å². The number of hydrogen-bond donors (Lipinski definition) is 0. The second-order valence-electron chi connectivity index (χ2n) is 9.55. The van der Waals surface area contributed by atoms with Crippen LogP contribution in [0.3, 0.4) is 0 Å². The summed E-state index contributed by atoms with van der Waals surface area (Å²) < 4.78 is 16.1. The van der Waals surface area contributed by atoms with E-state index in [1.807, 2.05) is 41.3 Å². The zero-order chi connectivity index (χ0) is 24.4. The summed E-state index contributed by atoms with van der Waals surface area (Å²) in [5.74, 6) is 1.00. The monoisotopic (exact) mass is 478 g/mol. The minimum atomic E-state index is -1.20. The molecule has 2 saturated heterocycles. The predicted octanol–water partition coefficient (Wildman–Crippen LogP) is 2.89. The van der Waals surface area contributed by atoms with Crippen LogP contribution in [0.4, 0.5) is 0 Å². The summed E-state index contributed by atoms with van der Waals surface area (Å²) in [6.07, 6.45) is 1.71. The van der Waals surface area contributed by atoms with Crippen molar-refractivity contribution >= 4 is 17.7 Å². The van der Waals surface area contributed by atoms with Gasteiger partial charge in [0.1, 0.15) is 0 Å². The second-order valence-corrected chi connectivity index (χ2v) is 9.55. The van der Waals surface area contributed by atoms with E-state index in [1.165, 1.54) is 4.90 Å². The Kier molecular flexibility index (Phi) is 6.47. The fourth-order valence-electron chi connectivity index (χ4n) is 5.36. The van der Waals surface area contributed by atoms with E-state index in [1.54, 1.807) is 19.2 Å². The Morgan fingerprint density at radius 3 is 2.54 bits per heavy atom. The van der Waals surface area contributed by atoms with Crippen molar-refractivity contribution < 1.29 is 28.6 Å². The number of piperidine rings is 1. The number of nitrogens with zero attached hydrogens (tertiary/aromatic N) is 2. The molecule has 35 heavy (non-hydrogen) atoms. The maximum atomic E-state index is 13.9. The molecule has 8 nitrogen and oxygen atoms in total. The third-order valence-electron chi connectivity index (χ3n) is 7.34.